The van der Waals surface area contributed by atoms with E-state index in [4.69, 9.17) is 9.72 Å². The molecule has 196 valence electrons. The Morgan fingerprint density at radius 2 is 1.76 bits per heavy atom. The number of carbonyl (C=O) groups is 2. The van der Waals surface area contributed by atoms with E-state index < -0.39 is 5.54 Å². The third-order valence-electron chi connectivity index (χ3n) is 7.56. The molecule has 3 amide bonds. The summed E-state index contributed by atoms with van der Waals surface area (Å²) in [6.07, 6.45) is 1.98. The van der Waals surface area contributed by atoms with Crippen molar-refractivity contribution in [1.82, 2.24) is 24.6 Å². The summed E-state index contributed by atoms with van der Waals surface area (Å²) < 4.78 is 6.47. The quantitative estimate of drug-likeness (QED) is 0.400. The number of benzene rings is 2. The van der Waals surface area contributed by atoms with Crippen LogP contribution >= 0.6 is 11.3 Å². The van der Waals surface area contributed by atoms with Gasteiger partial charge in [0.1, 0.15) is 16.3 Å². The minimum absolute atomic E-state index is 0.0336. The molecule has 1 spiro atoms. The first-order chi connectivity index (χ1) is 17.9. The number of fused-ring (bicyclic) bond motifs is 1. The van der Waals surface area contributed by atoms with Crippen LogP contribution in [0.2, 0.25) is 0 Å². The number of hydrogen-bond acceptors (Lipinski definition) is 7. The molecule has 0 atom stereocenters. The summed E-state index contributed by atoms with van der Waals surface area (Å²) in [4.78, 5) is 39.9. The highest BCUT2D eigenvalue weighted by molar-refractivity contribution is 7.18. The van der Waals surface area contributed by atoms with Crippen molar-refractivity contribution in [3.8, 4) is 5.75 Å². The van der Waals surface area contributed by atoms with Crippen LogP contribution in [0.15, 0.2) is 48.5 Å². The van der Waals surface area contributed by atoms with Gasteiger partial charge in [-0.15, -0.1) is 11.3 Å². The minimum Gasteiger partial charge on any atom is -0.497 e. The zero-order chi connectivity index (χ0) is 26.0. The first-order valence-electron chi connectivity index (χ1n) is 12.9. The maximum absolute atomic E-state index is 13.8. The van der Waals surface area contributed by atoms with Crippen LogP contribution in [0.3, 0.4) is 0 Å². The summed E-state index contributed by atoms with van der Waals surface area (Å²) in [7, 11) is 5.57. The molecular weight excluding hydrogens is 486 g/mol. The maximum Gasteiger partial charge on any atom is 0.327 e. The molecule has 8 nitrogen and oxygen atoms in total. The van der Waals surface area contributed by atoms with Gasteiger partial charge in [0.25, 0.3) is 5.91 Å². The van der Waals surface area contributed by atoms with Crippen LogP contribution < -0.4 is 4.74 Å². The summed E-state index contributed by atoms with van der Waals surface area (Å²) in [6, 6.07) is 16.0. The van der Waals surface area contributed by atoms with E-state index in [1.54, 1.807) is 18.4 Å². The van der Waals surface area contributed by atoms with E-state index in [1.165, 1.54) is 9.60 Å². The number of thiazole rings is 1. The van der Waals surface area contributed by atoms with E-state index in [9.17, 15) is 9.59 Å². The van der Waals surface area contributed by atoms with Gasteiger partial charge in [-0.2, -0.15) is 0 Å². The Morgan fingerprint density at radius 1 is 1.03 bits per heavy atom. The molecule has 0 saturated carbocycles. The molecule has 1 aromatic heterocycles. The lowest BCUT2D eigenvalue weighted by atomic mass is 9.85. The molecule has 37 heavy (non-hydrogen) atoms. The lowest BCUT2D eigenvalue weighted by Crippen LogP contribution is -2.56. The van der Waals surface area contributed by atoms with Crippen LogP contribution in [0.4, 0.5) is 4.79 Å². The molecule has 0 radical (unpaired) electrons. The monoisotopic (exact) mass is 521 g/mol. The highest BCUT2D eigenvalue weighted by Gasteiger charge is 2.57. The molecule has 0 unspecified atom stereocenters. The number of piperidine rings is 1. The zero-order valence-electron chi connectivity index (χ0n) is 21.9. The van der Waals surface area contributed by atoms with Gasteiger partial charge in [0.15, 0.2) is 0 Å². The summed E-state index contributed by atoms with van der Waals surface area (Å²) in [5, 5.41) is 1.09. The Bertz CT molecular complexity index is 1220. The van der Waals surface area contributed by atoms with E-state index in [1.807, 2.05) is 66.4 Å². The van der Waals surface area contributed by atoms with Crippen LogP contribution in [0.1, 0.15) is 23.4 Å². The van der Waals surface area contributed by atoms with Crippen LogP contribution in [0.25, 0.3) is 10.2 Å². The third-order valence-corrected chi connectivity index (χ3v) is 8.58. The second kappa shape index (κ2) is 10.8. The summed E-state index contributed by atoms with van der Waals surface area (Å²) in [6.45, 7) is 3.89. The Morgan fingerprint density at radius 3 is 2.43 bits per heavy atom. The van der Waals surface area contributed by atoms with Crippen molar-refractivity contribution in [2.45, 2.75) is 31.3 Å². The Labute approximate surface area is 222 Å². The maximum atomic E-state index is 13.8. The van der Waals surface area contributed by atoms with Crippen molar-refractivity contribution in [3.05, 3.63) is 59.1 Å². The molecule has 3 aromatic rings. The van der Waals surface area contributed by atoms with Crippen molar-refractivity contribution in [3.63, 3.8) is 0 Å². The molecular formula is C28H35N5O3S. The van der Waals surface area contributed by atoms with Gasteiger partial charge in [0.05, 0.1) is 23.9 Å². The first kappa shape index (κ1) is 25.6. The number of hydrogen-bond donors (Lipinski definition) is 0. The van der Waals surface area contributed by atoms with E-state index in [2.05, 4.69) is 11.0 Å². The van der Waals surface area contributed by atoms with Gasteiger partial charge in [0.2, 0.25) is 0 Å². The van der Waals surface area contributed by atoms with E-state index in [-0.39, 0.29) is 11.9 Å². The van der Waals surface area contributed by atoms with Crippen LogP contribution in [0, 0.1) is 0 Å². The topological polar surface area (TPSA) is 69.2 Å². The number of urea groups is 1. The van der Waals surface area contributed by atoms with E-state index in [0.29, 0.717) is 38.9 Å². The number of likely N-dealkylation sites (N-methyl/N-ethyl adjacent to an activating group) is 1. The van der Waals surface area contributed by atoms with Gasteiger partial charge in [-0.1, -0.05) is 24.3 Å². The Hall–Kier alpha value is -3.01. The molecule has 2 aliphatic heterocycles. The second-order valence-corrected chi connectivity index (χ2v) is 11.3. The van der Waals surface area contributed by atoms with Crippen LogP contribution in [0.5, 0.6) is 5.75 Å². The Kier molecular flexibility index (Phi) is 7.46. The number of para-hydroxylation sites is 1. The number of imide groups is 1. The molecule has 5 rings (SSSR count). The average molecular weight is 522 g/mol. The molecule has 3 heterocycles. The number of methoxy groups -OCH3 is 1. The minimum atomic E-state index is -0.764. The van der Waals surface area contributed by atoms with Gasteiger partial charge in [0, 0.05) is 32.7 Å². The largest absolute Gasteiger partial charge is 0.497 e. The lowest BCUT2D eigenvalue weighted by molar-refractivity contribution is -0.135. The van der Waals surface area contributed by atoms with Gasteiger partial charge in [-0.3, -0.25) is 14.6 Å². The second-order valence-electron chi connectivity index (χ2n) is 10.2. The third kappa shape index (κ3) is 5.21. The van der Waals surface area contributed by atoms with Crippen molar-refractivity contribution in [2.24, 2.45) is 0 Å². The number of ether oxygens (including phenoxy) is 1. The standard InChI is InChI=1S/C28H35N5O3S/c1-30(2)18-19-32-26(34)28(33(27(32)35)15-12-21-8-10-22(36-3)11-9-21)13-16-31(17-14-28)20-25-29-23-6-4-5-7-24(23)37-25/h4-11H,12-20H2,1-3H3. The number of carbonyl (C=O) groups excluding carboxylic acids is 2. The number of amides is 3. The molecule has 0 aliphatic carbocycles. The van der Waals surface area contributed by atoms with Crippen molar-refractivity contribution in [2.75, 3.05) is 53.9 Å². The molecule has 9 heteroatoms. The smallest absolute Gasteiger partial charge is 0.327 e. The van der Waals surface area contributed by atoms with Crippen molar-refractivity contribution < 1.29 is 14.3 Å². The average Bonchev–Trinajstić information content (AvgIpc) is 3.39. The van der Waals surface area contributed by atoms with Crippen molar-refractivity contribution >= 4 is 33.5 Å². The molecule has 0 N–H and O–H groups in total. The van der Waals surface area contributed by atoms with Gasteiger partial charge in [-0.05, 0) is 63.2 Å². The van der Waals surface area contributed by atoms with Gasteiger partial charge >= 0.3 is 6.03 Å². The number of rotatable bonds is 9. The molecule has 2 fully saturated rings. The number of nitrogens with zero attached hydrogens (tertiary/aromatic N) is 5. The Balaban J connectivity index is 1.30. The van der Waals surface area contributed by atoms with E-state index in [0.717, 1.165) is 41.5 Å². The first-order valence-corrected chi connectivity index (χ1v) is 13.7. The van der Waals surface area contributed by atoms with Crippen LogP contribution in [-0.4, -0.2) is 96.0 Å². The summed E-state index contributed by atoms with van der Waals surface area (Å²) in [5.74, 6) is 0.775. The zero-order valence-corrected chi connectivity index (χ0v) is 22.7. The molecule has 2 saturated heterocycles. The number of likely N-dealkylation sites (tertiary alicyclic amines) is 1. The predicted octanol–water partition coefficient (Wildman–Crippen LogP) is 3.71. The molecule has 0 bridgehead atoms. The number of aromatic nitrogens is 1. The fraction of sp³-hybridized carbons (Fsp3) is 0.464. The SMILES string of the molecule is COc1ccc(CCN2C(=O)N(CCN(C)C)C(=O)C23CCN(Cc2nc4ccccc4s2)CC3)cc1. The summed E-state index contributed by atoms with van der Waals surface area (Å²) in [5.41, 5.74) is 1.39. The lowest BCUT2D eigenvalue weighted by Gasteiger charge is -2.42. The highest BCUT2D eigenvalue weighted by Crippen LogP contribution is 2.38. The fourth-order valence-electron chi connectivity index (χ4n) is 5.37. The molecule has 2 aromatic carbocycles. The molecule has 2 aliphatic rings. The summed E-state index contributed by atoms with van der Waals surface area (Å²) >= 11 is 1.73. The highest BCUT2D eigenvalue weighted by atomic mass is 32.1. The predicted molar refractivity (Wildman–Crippen MR) is 146 cm³/mol. The van der Waals surface area contributed by atoms with Gasteiger partial charge < -0.3 is 14.5 Å². The normalized spacial score (nSPS) is 18.1. The fourth-order valence-corrected chi connectivity index (χ4v) is 6.38. The van der Waals surface area contributed by atoms with Gasteiger partial charge in [-0.25, -0.2) is 9.78 Å². The van der Waals surface area contributed by atoms with E-state index >= 15 is 0 Å². The van der Waals surface area contributed by atoms with Crippen LogP contribution in [-0.2, 0) is 17.8 Å². The van der Waals surface area contributed by atoms with Crippen molar-refractivity contribution in [1.29, 1.82) is 0 Å².